The van der Waals surface area contributed by atoms with E-state index in [-0.39, 0.29) is 0 Å². The van der Waals surface area contributed by atoms with Gasteiger partial charge in [-0.15, -0.1) is 0 Å². The van der Waals surface area contributed by atoms with Crippen molar-refractivity contribution in [1.29, 1.82) is 0 Å². The van der Waals surface area contributed by atoms with Crippen molar-refractivity contribution in [1.82, 2.24) is 15.2 Å². The van der Waals surface area contributed by atoms with Gasteiger partial charge in [0.2, 0.25) is 0 Å². The predicted molar refractivity (Wildman–Crippen MR) is 56.7 cm³/mol. The number of nitrogens with zero attached hydrogens (tertiary/aromatic N) is 3. The third kappa shape index (κ3) is 1.28. The number of thiazole rings is 1. The van der Waals surface area contributed by atoms with Gasteiger partial charge in [0.25, 0.3) is 0 Å². The van der Waals surface area contributed by atoms with Crippen molar-refractivity contribution < 1.29 is 0 Å². The molecule has 0 amide bonds. The molecular weight excluding hydrogens is 196 g/mol. The van der Waals surface area contributed by atoms with Crippen LogP contribution in [0.25, 0.3) is 10.3 Å². The van der Waals surface area contributed by atoms with Crippen LogP contribution < -0.4 is 4.90 Å². The Hall–Kier alpha value is -1.10. The molecule has 3 rings (SSSR count). The Bertz CT molecular complexity index is 398. The average Bonchev–Trinajstić information content (AvgIpc) is 2.78. The quantitative estimate of drug-likeness (QED) is 0.775. The smallest absolute Gasteiger partial charge is 0.188 e. The molecule has 0 saturated carbocycles. The highest BCUT2D eigenvalue weighted by Gasteiger charge is 2.15. The average molecular weight is 207 g/mol. The topological polar surface area (TPSA) is 44.8 Å². The summed E-state index contributed by atoms with van der Waals surface area (Å²) in [5.41, 5.74) is 0.871. The minimum atomic E-state index is 0.871. The summed E-state index contributed by atoms with van der Waals surface area (Å²) in [6, 6.07) is 0. The van der Waals surface area contributed by atoms with Gasteiger partial charge >= 0.3 is 0 Å². The number of aromatic nitrogens is 3. The number of anilines is 1. The van der Waals surface area contributed by atoms with E-state index in [9.17, 15) is 0 Å². The lowest BCUT2D eigenvalue weighted by molar-refractivity contribution is 0.577. The molecule has 14 heavy (non-hydrogen) atoms. The Labute approximate surface area is 85.9 Å². The van der Waals surface area contributed by atoms with E-state index in [1.54, 1.807) is 11.3 Å². The predicted octanol–water partition coefficient (Wildman–Crippen LogP) is 1.81. The van der Waals surface area contributed by atoms with Crippen molar-refractivity contribution in [2.45, 2.75) is 19.3 Å². The highest BCUT2D eigenvalue weighted by atomic mass is 32.1. The number of fused-ring (bicyclic) bond motifs is 1. The van der Waals surface area contributed by atoms with Crippen LogP contribution in [0.1, 0.15) is 19.3 Å². The standard InChI is InChI=1S/C9H11N4S/c1-2-4-13(5-3-1)9-11-7-6-10-12-8(7)14-9/h1-5H2,(H,10,12). The van der Waals surface area contributed by atoms with E-state index < -0.39 is 0 Å². The fourth-order valence-corrected chi connectivity index (χ4v) is 2.72. The molecule has 1 radical (unpaired) electrons. The van der Waals surface area contributed by atoms with Crippen molar-refractivity contribution in [2.24, 2.45) is 0 Å². The van der Waals surface area contributed by atoms with Crippen LogP contribution in [0.15, 0.2) is 0 Å². The van der Waals surface area contributed by atoms with Gasteiger partial charge in [-0.25, -0.2) is 4.98 Å². The van der Waals surface area contributed by atoms with E-state index in [4.69, 9.17) is 0 Å². The van der Waals surface area contributed by atoms with Crippen molar-refractivity contribution in [3.05, 3.63) is 6.20 Å². The molecule has 1 aliphatic heterocycles. The lowest BCUT2D eigenvalue weighted by Crippen LogP contribution is -2.29. The highest BCUT2D eigenvalue weighted by molar-refractivity contribution is 7.21. The molecule has 0 aliphatic carbocycles. The minimum Gasteiger partial charge on any atom is -0.348 e. The van der Waals surface area contributed by atoms with Crippen LogP contribution in [0, 0.1) is 6.20 Å². The SMILES string of the molecule is [c]1n[nH]c2sc(N3CCCCC3)nc12. The number of H-pyrrole nitrogens is 1. The van der Waals surface area contributed by atoms with E-state index in [0.29, 0.717) is 0 Å². The second kappa shape index (κ2) is 3.24. The Morgan fingerprint density at radius 1 is 1.29 bits per heavy atom. The van der Waals surface area contributed by atoms with Gasteiger partial charge in [0.1, 0.15) is 16.5 Å². The summed E-state index contributed by atoms with van der Waals surface area (Å²) >= 11 is 1.68. The molecule has 73 valence electrons. The molecule has 2 aromatic heterocycles. The zero-order valence-corrected chi connectivity index (χ0v) is 8.60. The number of aromatic amines is 1. The van der Waals surface area contributed by atoms with Crippen LogP contribution in [0.4, 0.5) is 5.13 Å². The number of piperidine rings is 1. The molecule has 0 atom stereocenters. The van der Waals surface area contributed by atoms with Crippen LogP contribution in [0.3, 0.4) is 0 Å². The molecular formula is C9H11N4S. The maximum absolute atomic E-state index is 4.49. The molecule has 4 nitrogen and oxygen atoms in total. The molecule has 0 bridgehead atoms. The zero-order valence-electron chi connectivity index (χ0n) is 7.79. The molecule has 0 spiro atoms. The molecule has 5 heteroatoms. The largest absolute Gasteiger partial charge is 0.348 e. The van der Waals surface area contributed by atoms with Crippen LogP contribution in [0.2, 0.25) is 0 Å². The molecule has 0 aromatic carbocycles. The van der Waals surface area contributed by atoms with Gasteiger partial charge in [-0.2, -0.15) is 5.10 Å². The Kier molecular flexibility index (Phi) is 1.90. The molecule has 1 N–H and O–H groups in total. The minimum absolute atomic E-state index is 0.871. The molecule has 3 heterocycles. The van der Waals surface area contributed by atoms with Crippen molar-refractivity contribution in [3.8, 4) is 0 Å². The third-order valence-corrected chi connectivity index (χ3v) is 3.58. The number of nitrogens with one attached hydrogen (secondary N) is 1. The van der Waals surface area contributed by atoms with E-state index >= 15 is 0 Å². The van der Waals surface area contributed by atoms with E-state index in [2.05, 4.69) is 26.3 Å². The fraction of sp³-hybridized carbons (Fsp3) is 0.556. The van der Waals surface area contributed by atoms with Gasteiger partial charge in [-0.3, -0.25) is 5.10 Å². The molecule has 2 aromatic rings. The van der Waals surface area contributed by atoms with E-state index in [1.165, 1.54) is 19.3 Å². The van der Waals surface area contributed by atoms with Gasteiger partial charge in [0, 0.05) is 13.1 Å². The van der Waals surface area contributed by atoms with E-state index in [0.717, 1.165) is 28.6 Å². The Morgan fingerprint density at radius 2 is 2.14 bits per heavy atom. The Morgan fingerprint density at radius 3 is 2.93 bits per heavy atom. The second-order valence-corrected chi connectivity index (χ2v) is 4.53. The summed E-state index contributed by atoms with van der Waals surface area (Å²) in [7, 11) is 0. The normalized spacial score (nSPS) is 17.9. The summed E-state index contributed by atoms with van der Waals surface area (Å²) in [6.07, 6.45) is 6.78. The molecule has 1 fully saturated rings. The first-order chi connectivity index (χ1) is 6.93. The first-order valence-corrected chi connectivity index (χ1v) is 5.73. The lowest BCUT2D eigenvalue weighted by Gasteiger charge is -2.25. The summed E-state index contributed by atoms with van der Waals surface area (Å²) in [6.45, 7) is 2.28. The van der Waals surface area contributed by atoms with Crippen molar-refractivity contribution >= 4 is 26.8 Å². The summed E-state index contributed by atoms with van der Waals surface area (Å²) in [5.74, 6) is 0. The summed E-state index contributed by atoms with van der Waals surface area (Å²) in [5, 5.41) is 7.85. The van der Waals surface area contributed by atoms with Crippen LogP contribution in [-0.4, -0.2) is 28.3 Å². The lowest BCUT2D eigenvalue weighted by atomic mass is 10.1. The highest BCUT2D eigenvalue weighted by Crippen LogP contribution is 2.28. The zero-order chi connectivity index (χ0) is 9.38. The second-order valence-electron chi connectivity index (χ2n) is 3.56. The van der Waals surface area contributed by atoms with Gasteiger partial charge in [-0.1, -0.05) is 11.3 Å². The monoisotopic (exact) mass is 207 g/mol. The summed E-state index contributed by atoms with van der Waals surface area (Å²) < 4.78 is 0. The van der Waals surface area contributed by atoms with Crippen molar-refractivity contribution in [2.75, 3.05) is 18.0 Å². The maximum Gasteiger partial charge on any atom is 0.188 e. The molecule has 1 saturated heterocycles. The Balaban J connectivity index is 1.92. The third-order valence-electron chi connectivity index (χ3n) is 2.56. The van der Waals surface area contributed by atoms with Gasteiger partial charge in [-0.05, 0) is 19.3 Å². The molecule has 0 unspecified atom stereocenters. The molecule has 1 aliphatic rings. The first-order valence-electron chi connectivity index (χ1n) is 4.91. The van der Waals surface area contributed by atoms with Gasteiger partial charge in [0.05, 0.1) is 0 Å². The van der Waals surface area contributed by atoms with Crippen molar-refractivity contribution in [3.63, 3.8) is 0 Å². The van der Waals surface area contributed by atoms with E-state index in [1.807, 2.05) is 0 Å². The van der Waals surface area contributed by atoms with Crippen LogP contribution in [-0.2, 0) is 0 Å². The van der Waals surface area contributed by atoms with Crippen LogP contribution in [0.5, 0.6) is 0 Å². The van der Waals surface area contributed by atoms with Gasteiger partial charge < -0.3 is 4.90 Å². The summed E-state index contributed by atoms with van der Waals surface area (Å²) in [4.78, 5) is 7.88. The van der Waals surface area contributed by atoms with Gasteiger partial charge in [0.15, 0.2) is 5.13 Å². The van der Waals surface area contributed by atoms with Crippen LogP contribution >= 0.6 is 11.3 Å². The number of hydrogen-bond acceptors (Lipinski definition) is 4. The first kappa shape index (κ1) is 8.23. The number of rotatable bonds is 1. The maximum atomic E-state index is 4.49. The fourth-order valence-electron chi connectivity index (χ4n) is 1.81. The number of hydrogen-bond donors (Lipinski definition) is 1.